The number of aliphatic hydroxyl groups is 5. The summed E-state index contributed by atoms with van der Waals surface area (Å²) in [6.07, 6.45) is 5.36. The van der Waals surface area contributed by atoms with Gasteiger partial charge >= 0.3 is 0 Å². The number of allylic oxidation sites excluding steroid dienone is 1. The predicted molar refractivity (Wildman–Crippen MR) is 145 cm³/mol. The Kier molecular flexibility index (Phi) is 8.10. The van der Waals surface area contributed by atoms with Gasteiger partial charge in [-0.15, -0.1) is 0 Å². The molecule has 0 saturated heterocycles. The Morgan fingerprint density at radius 1 is 1.08 bits per heavy atom. The van der Waals surface area contributed by atoms with Crippen molar-refractivity contribution in [2.24, 2.45) is 28.6 Å². The molecule has 0 bridgehead atoms. The number of unbranched alkanes of at least 4 members (excludes halogenated alkanes) is 1. The maximum Gasteiger partial charge on any atom is 0.159 e. The number of ketones is 1. The number of carbonyl (C=O) groups is 1. The molecule has 0 aliphatic heterocycles. The molecule has 5 N–H and O–H groups in total. The van der Waals surface area contributed by atoms with Crippen molar-refractivity contribution in [3.05, 3.63) is 11.6 Å². The van der Waals surface area contributed by atoms with Crippen molar-refractivity contribution >= 4 is 5.78 Å². The summed E-state index contributed by atoms with van der Waals surface area (Å²) < 4.78 is 6.28. The topological polar surface area (TPSA) is 127 Å². The van der Waals surface area contributed by atoms with Crippen molar-refractivity contribution < 1.29 is 35.1 Å². The van der Waals surface area contributed by atoms with E-state index in [4.69, 9.17) is 4.74 Å². The van der Waals surface area contributed by atoms with Crippen LogP contribution in [0.2, 0.25) is 0 Å². The van der Waals surface area contributed by atoms with Crippen LogP contribution in [0.4, 0.5) is 0 Å². The van der Waals surface area contributed by atoms with Crippen LogP contribution in [-0.2, 0) is 9.53 Å². The number of hydrogen-bond donors (Lipinski definition) is 5. The minimum Gasteiger partial charge on any atom is -0.390 e. The van der Waals surface area contributed by atoms with Gasteiger partial charge in [-0.05, 0) is 107 Å². The summed E-state index contributed by atoms with van der Waals surface area (Å²) in [5, 5.41) is 55.9. The molecular weight excluding hydrogens is 484 g/mol. The lowest BCUT2D eigenvalue weighted by atomic mass is 9.45. The second-order valence-electron chi connectivity index (χ2n) is 14.4. The summed E-state index contributed by atoms with van der Waals surface area (Å²) in [4.78, 5) is 13.4. The lowest BCUT2D eigenvalue weighted by Gasteiger charge is -2.60. The molecule has 7 nitrogen and oxygen atoms in total. The molecule has 10 atom stereocenters. The molecule has 7 heteroatoms. The fraction of sp³-hybridized carbons (Fsp3) is 0.903. The molecule has 1 unspecified atom stereocenters. The molecule has 4 aliphatic carbocycles. The Labute approximate surface area is 228 Å². The zero-order valence-corrected chi connectivity index (χ0v) is 24.4. The third-order valence-corrected chi connectivity index (χ3v) is 11.3. The molecule has 0 aromatic carbocycles. The second-order valence-corrected chi connectivity index (χ2v) is 14.4. The number of ether oxygens (including phenoxy) is 1. The third kappa shape index (κ3) is 4.83. The first-order chi connectivity index (χ1) is 17.5. The number of carbonyl (C=O) groups excluding carboxylic acids is 1. The molecule has 0 spiro atoms. The zero-order chi connectivity index (χ0) is 28.3. The van der Waals surface area contributed by atoms with Crippen molar-refractivity contribution in [1.29, 1.82) is 0 Å². The fourth-order valence-corrected chi connectivity index (χ4v) is 8.93. The summed E-state index contributed by atoms with van der Waals surface area (Å²) in [6.45, 7) is 12.1. The monoisotopic (exact) mass is 536 g/mol. The van der Waals surface area contributed by atoms with Gasteiger partial charge in [0.05, 0.1) is 35.1 Å². The largest absolute Gasteiger partial charge is 0.390 e. The van der Waals surface area contributed by atoms with E-state index in [0.29, 0.717) is 45.1 Å². The highest BCUT2D eigenvalue weighted by Gasteiger charge is 2.69. The average Bonchev–Trinajstić information content (AvgIpc) is 3.09. The van der Waals surface area contributed by atoms with Crippen molar-refractivity contribution in [2.75, 3.05) is 6.61 Å². The molecular formula is C31H52O7. The summed E-state index contributed by atoms with van der Waals surface area (Å²) in [5.74, 6) is -0.736. The lowest BCUT2D eigenvalue weighted by molar-refractivity contribution is -0.187. The van der Waals surface area contributed by atoms with Crippen molar-refractivity contribution in [1.82, 2.24) is 0 Å². The minimum absolute atomic E-state index is 0.0547. The summed E-state index contributed by atoms with van der Waals surface area (Å²) in [5.41, 5.74) is -3.76. The SMILES string of the molecule is CCCCOC(CCC(C)(C)O)[C@](C)(O)[C@H]1CC[C@@]2(O)C3=CC(=O)[C@@H]4C[C@@H](O)[C@@H](O)C[C@]4(C)[C@H]3CC[C@]12C. The summed E-state index contributed by atoms with van der Waals surface area (Å²) >= 11 is 0. The molecule has 0 heterocycles. The average molecular weight is 537 g/mol. The van der Waals surface area contributed by atoms with E-state index in [9.17, 15) is 30.3 Å². The third-order valence-electron chi connectivity index (χ3n) is 11.3. The van der Waals surface area contributed by atoms with Gasteiger partial charge in [0, 0.05) is 17.9 Å². The Balaban J connectivity index is 1.66. The Bertz CT molecular complexity index is 922. The van der Waals surface area contributed by atoms with Crippen LogP contribution in [0, 0.1) is 28.6 Å². The van der Waals surface area contributed by atoms with Gasteiger partial charge in [-0.3, -0.25) is 4.79 Å². The maximum atomic E-state index is 13.4. The van der Waals surface area contributed by atoms with Gasteiger partial charge in [0.25, 0.3) is 0 Å². The van der Waals surface area contributed by atoms with Crippen LogP contribution in [0.1, 0.15) is 106 Å². The van der Waals surface area contributed by atoms with Crippen LogP contribution in [0.5, 0.6) is 0 Å². The Morgan fingerprint density at radius 2 is 1.76 bits per heavy atom. The number of hydrogen-bond acceptors (Lipinski definition) is 7. The second kappa shape index (κ2) is 10.2. The van der Waals surface area contributed by atoms with Crippen LogP contribution in [-0.4, -0.2) is 73.0 Å². The minimum atomic E-state index is -1.24. The molecule has 0 aromatic heterocycles. The summed E-state index contributed by atoms with van der Waals surface area (Å²) in [6, 6.07) is 0. The van der Waals surface area contributed by atoms with Crippen LogP contribution >= 0.6 is 0 Å². The molecule has 4 aliphatic rings. The highest BCUT2D eigenvalue weighted by molar-refractivity contribution is 5.95. The van der Waals surface area contributed by atoms with Gasteiger partial charge in [-0.25, -0.2) is 0 Å². The number of fused-ring (bicyclic) bond motifs is 5. The van der Waals surface area contributed by atoms with E-state index in [1.165, 1.54) is 0 Å². The van der Waals surface area contributed by atoms with Crippen molar-refractivity contribution in [3.63, 3.8) is 0 Å². The first-order valence-corrected chi connectivity index (χ1v) is 14.9. The molecule has 38 heavy (non-hydrogen) atoms. The first-order valence-electron chi connectivity index (χ1n) is 14.9. The highest BCUT2D eigenvalue weighted by atomic mass is 16.5. The van der Waals surface area contributed by atoms with Gasteiger partial charge in [-0.1, -0.05) is 27.2 Å². The molecule has 0 amide bonds. The smallest absolute Gasteiger partial charge is 0.159 e. The van der Waals surface area contributed by atoms with Crippen molar-refractivity contribution in [2.45, 2.75) is 141 Å². The maximum absolute atomic E-state index is 13.4. The van der Waals surface area contributed by atoms with E-state index in [0.717, 1.165) is 24.8 Å². The number of rotatable bonds is 9. The van der Waals surface area contributed by atoms with E-state index in [-0.39, 0.29) is 30.0 Å². The molecule has 3 saturated carbocycles. The van der Waals surface area contributed by atoms with Gasteiger partial charge in [-0.2, -0.15) is 0 Å². The van der Waals surface area contributed by atoms with E-state index < -0.39 is 45.9 Å². The number of aliphatic hydroxyl groups excluding tert-OH is 2. The quantitative estimate of drug-likeness (QED) is 0.285. The lowest BCUT2D eigenvalue weighted by Crippen LogP contribution is -2.63. The predicted octanol–water partition coefficient (Wildman–Crippen LogP) is 3.68. The standard InChI is InChI=1S/C31H52O7/c1-7-8-15-38-26(11-12-27(2,3)35)30(6,36)25-10-14-31(37)20-16-22(32)21-17-23(33)24(34)18-28(21,4)19(20)9-13-29(25,31)5/h16,19,21,23-26,33-37H,7-15,17-18H2,1-6H3/t19-,21-,23+,24-,25-,26?,28+,29+,30+,31+/m0/s1. The zero-order valence-electron chi connectivity index (χ0n) is 24.4. The van der Waals surface area contributed by atoms with Crippen LogP contribution in [0.15, 0.2) is 11.6 Å². The first kappa shape index (κ1) is 30.1. The van der Waals surface area contributed by atoms with E-state index in [2.05, 4.69) is 13.8 Å². The fourth-order valence-electron chi connectivity index (χ4n) is 8.93. The normalized spacial score (nSPS) is 43.5. The summed E-state index contributed by atoms with van der Waals surface area (Å²) in [7, 11) is 0. The molecule has 0 radical (unpaired) electrons. The van der Waals surface area contributed by atoms with Gasteiger partial charge in [0.15, 0.2) is 5.78 Å². The van der Waals surface area contributed by atoms with E-state index in [1.807, 2.05) is 13.8 Å². The van der Waals surface area contributed by atoms with Crippen molar-refractivity contribution in [3.8, 4) is 0 Å². The van der Waals surface area contributed by atoms with Gasteiger partial charge in [0.2, 0.25) is 0 Å². The molecule has 3 fully saturated rings. The van der Waals surface area contributed by atoms with Gasteiger partial charge < -0.3 is 30.3 Å². The van der Waals surface area contributed by atoms with Crippen LogP contribution in [0.25, 0.3) is 0 Å². The Morgan fingerprint density at radius 3 is 2.39 bits per heavy atom. The molecule has 4 rings (SSSR count). The molecule has 218 valence electrons. The highest BCUT2D eigenvalue weighted by Crippen LogP contribution is 2.68. The Hall–Kier alpha value is -0.830. The van der Waals surface area contributed by atoms with E-state index in [1.54, 1.807) is 19.9 Å². The van der Waals surface area contributed by atoms with Crippen LogP contribution in [0.3, 0.4) is 0 Å². The van der Waals surface area contributed by atoms with E-state index >= 15 is 0 Å². The molecule has 0 aromatic rings. The van der Waals surface area contributed by atoms with Crippen LogP contribution < -0.4 is 0 Å². The van der Waals surface area contributed by atoms with Gasteiger partial charge in [0.1, 0.15) is 0 Å².